The van der Waals surface area contributed by atoms with Crippen LogP contribution in [-0.2, 0) is 11.2 Å². The van der Waals surface area contributed by atoms with Crippen molar-refractivity contribution in [1.82, 2.24) is 15.0 Å². The molecule has 0 N–H and O–H groups in total. The van der Waals surface area contributed by atoms with E-state index in [0.29, 0.717) is 42.0 Å². The minimum atomic E-state index is -0.178. The molecule has 0 radical (unpaired) electrons. The highest BCUT2D eigenvalue weighted by Gasteiger charge is 2.41. The zero-order valence-corrected chi connectivity index (χ0v) is 19.4. The van der Waals surface area contributed by atoms with Crippen molar-refractivity contribution in [3.05, 3.63) is 35.5 Å². The Bertz CT molecular complexity index is 933. The molecule has 8 heteroatoms. The Hall–Kier alpha value is -2.61. The van der Waals surface area contributed by atoms with Crippen molar-refractivity contribution in [1.29, 1.82) is 0 Å². The van der Waals surface area contributed by atoms with Crippen molar-refractivity contribution in [2.45, 2.75) is 57.5 Å². The Balaban J connectivity index is 1.38. The first-order valence-electron chi connectivity index (χ1n) is 11.4. The van der Waals surface area contributed by atoms with E-state index in [0.717, 1.165) is 44.5 Å². The fourth-order valence-electron chi connectivity index (χ4n) is 4.84. The summed E-state index contributed by atoms with van der Waals surface area (Å²) >= 11 is 0. The third-order valence-corrected chi connectivity index (χ3v) is 6.64. The van der Waals surface area contributed by atoms with Crippen LogP contribution in [-0.4, -0.2) is 60.5 Å². The lowest BCUT2D eigenvalue weighted by Gasteiger charge is -2.46. The number of carbonyl (C=O) groups is 1. The Morgan fingerprint density at radius 1 is 1.25 bits per heavy atom. The van der Waals surface area contributed by atoms with Gasteiger partial charge in [0.15, 0.2) is 17.3 Å². The third-order valence-electron chi connectivity index (χ3n) is 6.64. The molecule has 1 aromatic carbocycles. The van der Waals surface area contributed by atoms with Crippen LogP contribution in [0.5, 0.6) is 11.5 Å². The molecule has 174 valence electrons. The number of hydrogen-bond acceptors (Lipinski definition) is 7. The lowest BCUT2D eigenvalue weighted by molar-refractivity contribution is -0.123. The highest BCUT2D eigenvalue weighted by molar-refractivity contribution is 5.97. The van der Waals surface area contributed by atoms with Crippen LogP contribution < -0.4 is 9.47 Å². The van der Waals surface area contributed by atoms with Crippen molar-refractivity contribution >= 4 is 5.91 Å². The SMILES string of the molecule is COc1cccc(C(=O)N2CCC3(CC2)CC(Cc2noc(C(C)C)n2)CCO3)c1OC. The van der Waals surface area contributed by atoms with Crippen LogP contribution in [0.1, 0.15) is 67.5 Å². The largest absolute Gasteiger partial charge is 0.493 e. The molecule has 3 heterocycles. The maximum Gasteiger partial charge on any atom is 0.257 e. The van der Waals surface area contributed by atoms with Gasteiger partial charge in [0.25, 0.3) is 5.91 Å². The van der Waals surface area contributed by atoms with E-state index >= 15 is 0 Å². The van der Waals surface area contributed by atoms with Crippen molar-refractivity contribution in [2.24, 2.45) is 5.92 Å². The van der Waals surface area contributed by atoms with Gasteiger partial charge in [-0.1, -0.05) is 25.1 Å². The molecule has 1 aromatic heterocycles. The number of ether oxygens (including phenoxy) is 3. The fourth-order valence-corrected chi connectivity index (χ4v) is 4.84. The molecule has 2 fully saturated rings. The van der Waals surface area contributed by atoms with Crippen LogP contribution in [0.4, 0.5) is 0 Å². The molecule has 1 atom stereocenters. The van der Waals surface area contributed by atoms with E-state index in [4.69, 9.17) is 18.7 Å². The predicted octanol–water partition coefficient (Wildman–Crippen LogP) is 3.85. The van der Waals surface area contributed by atoms with Gasteiger partial charge >= 0.3 is 0 Å². The van der Waals surface area contributed by atoms with Gasteiger partial charge in [0.2, 0.25) is 5.89 Å². The second kappa shape index (κ2) is 9.48. The zero-order chi connectivity index (χ0) is 22.7. The Labute approximate surface area is 189 Å². The van der Waals surface area contributed by atoms with E-state index in [1.165, 1.54) is 0 Å². The van der Waals surface area contributed by atoms with E-state index in [2.05, 4.69) is 24.0 Å². The lowest BCUT2D eigenvalue weighted by atomic mass is 9.78. The topological polar surface area (TPSA) is 86.9 Å². The summed E-state index contributed by atoms with van der Waals surface area (Å²) in [5, 5.41) is 4.16. The van der Waals surface area contributed by atoms with Crippen molar-refractivity contribution in [3.8, 4) is 11.5 Å². The van der Waals surface area contributed by atoms with E-state index < -0.39 is 0 Å². The normalized spacial score (nSPS) is 20.5. The number of rotatable bonds is 6. The summed E-state index contributed by atoms with van der Waals surface area (Å²) in [7, 11) is 3.13. The van der Waals surface area contributed by atoms with Gasteiger partial charge in [0.05, 0.1) is 25.4 Å². The molecule has 2 aromatic rings. The maximum atomic E-state index is 13.2. The molecule has 4 rings (SSSR count). The standard InChI is InChI=1S/C24H33N3O5/c1-16(2)22-25-20(26-32-22)14-17-8-13-31-24(15-17)9-11-27(12-10-24)23(28)18-6-5-7-19(29-3)21(18)30-4/h5-7,16-17H,8-15H2,1-4H3. The predicted molar refractivity (Wildman–Crippen MR) is 118 cm³/mol. The molecule has 0 aliphatic carbocycles. The van der Waals surface area contributed by atoms with Crippen LogP contribution in [0.2, 0.25) is 0 Å². The highest BCUT2D eigenvalue weighted by atomic mass is 16.5. The number of piperidine rings is 1. The number of nitrogens with zero attached hydrogens (tertiary/aromatic N) is 3. The number of para-hydroxylation sites is 1. The quantitative estimate of drug-likeness (QED) is 0.670. The molecule has 8 nitrogen and oxygen atoms in total. The van der Waals surface area contributed by atoms with Crippen LogP contribution in [0.3, 0.4) is 0 Å². The monoisotopic (exact) mass is 443 g/mol. The minimum Gasteiger partial charge on any atom is -0.493 e. The molecule has 1 spiro atoms. The van der Waals surface area contributed by atoms with Crippen molar-refractivity contribution in [2.75, 3.05) is 33.9 Å². The minimum absolute atomic E-state index is 0.0315. The van der Waals surface area contributed by atoms with E-state index in [1.807, 2.05) is 11.0 Å². The maximum absolute atomic E-state index is 13.2. The molecule has 0 saturated carbocycles. The van der Waals surface area contributed by atoms with Crippen LogP contribution in [0, 0.1) is 5.92 Å². The van der Waals surface area contributed by atoms with Gasteiger partial charge in [-0.2, -0.15) is 4.98 Å². The van der Waals surface area contributed by atoms with E-state index in [-0.39, 0.29) is 17.4 Å². The van der Waals surface area contributed by atoms with Gasteiger partial charge in [0, 0.05) is 32.0 Å². The van der Waals surface area contributed by atoms with Gasteiger partial charge < -0.3 is 23.6 Å². The molecule has 2 saturated heterocycles. The van der Waals surface area contributed by atoms with Gasteiger partial charge in [-0.15, -0.1) is 0 Å². The summed E-state index contributed by atoms with van der Waals surface area (Å²) in [6, 6.07) is 5.40. The molecular formula is C24H33N3O5. The Kier molecular flexibility index (Phi) is 6.69. The number of likely N-dealkylation sites (tertiary alicyclic amines) is 1. The fraction of sp³-hybridized carbons (Fsp3) is 0.625. The average molecular weight is 444 g/mol. The molecule has 2 aliphatic heterocycles. The summed E-state index contributed by atoms with van der Waals surface area (Å²) in [6.07, 6.45) is 4.42. The number of amides is 1. The molecular weight excluding hydrogens is 410 g/mol. The second-order valence-corrected chi connectivity index (χ2v) is 9.13. The highest BCUT2D eigenvalue weighted by Crippen LogP contribution is 2.39. The zero-order valence-electron chi connectivity index (χ0n) is 19.4. The smallest absolute Gasteiger partial charge is 0.257 e. The van der Waals surface area contributed by atoms with E-state index in [1.54, 1.807) is 26.4 Å². The first kappa shape index (κ1) is 22.6. The van der Waals surface area contributed by atoms with Crippen LogP contribution in [0.25, 0.3) is 0 Å². The number of hydrogen-bond donors (Lipinski definition) is 0. The van der Waals surface area contributed by atoms with Crippen molar-refractivity contribution < 1.29 is 23.5 Å². The average Bonchev–Trinajstić information content (AvgIpc) is 3.27. The Morgan fingerprint density at radius 3 is 2.69 bits per heavy atom. The first-order chi connectivity index (χ1) is 15.4. The number of methoxy groups -OCH3 is 2. The van der Waals surface area contributed by atoms with Gasteiger partial charge in [0.1, 0.15) is 0 Å². The summed E-state index contributed by atoms with van der Waals surface area (Å²) in [6.45, 7) is 6.16. The summed E-state index contributed by atoms with van der Waals surface area (Å²) in [5.41, 5.74) is 0.353. The number of benzene rings is 1. The molecule has 2 aliphatic rings. The van der Waals surface area contributed by atoms with Crippen LogP contribution >= 0.6 is 0 Å². The number of aromatic nitrogens is 2. The summed E-state index contributed by atoms with van der Waals surface area (Å²) in [4.78, 5) is 19.6. The molecule has 1 amide bonds. The summed E-state index contributed by atoms with van der Waals surface area (Å²) in [5.74, 6) is 3.19. The first-order valence-corrected chi connectivity index (χ1v) is 11.4. The second-order valence-electron chi connectivity index (χ2n) is 9.13. The Morgan fingerprint density at radius 2 is 2.03 bits per heavy atom. The third kappa shape index (κ3) is 4.60. The van der Waals surface area contributed by atoms with Gasteiger partial charge in [-0.05, 0) is 43.7 Å². The molecule has 32 heavy (non-hydrogen) atoms. The number of carbonyl (C=O) groups excluding carboxylic acids is 1. The summed E-state index contributed by atoms with van der Waals surface area (Å²) < 4.78 is 22.5. The van der Waals surface area contributed by atoms with E-state index in [9.17, 15) is 4.79 Å². The van der Waals surface area contributed by atoms with Gasteiger partial charge in [-0.3, -0.25) is 4.79 Å². The lowest BCUT2D eigenvalue weighted by Crippen LogP contribution is -2.51. The van der Waals surface area contributed by atoms with Crippen molar-refractivity contribution in [3.63, 3.8) is 0 Å². The molecule has 0 bridgehead atoms. The molecule has 1 unspecified atom stereocenters. The van der Waals surface area contributed by atoms with Gasteiger partial charge in [-0.25, -0.2) is 0 Å². The van der Waals surface area contributed by atoms with Crippen LogP contribution in [0.15, 0.2) is 22.7 Å².